The molecule has 0 fully saturated rings. The summed E-state index contributed by atoms with van der Waals surface area (Å²) in [4.78, 5) is 18.1. The second kappa shape index (κ2) is 6.59. The number of pyridine rings is 1. The van der Waals surface area contributed by atoms with E-state index in [0.29, 0.717) is 16.4 Å². The lowest BCUT2D eigenvalue weighted by atomic mass is 10.1. The molecule has 0 saturated carbocycles. The molecule has 1 aromatic heterocycles. The molecule has 0 spiro atoms. The van der Waals surface area contributed by atoms with Gasteiger partial charge in [0.25, 0.3) is 5.91 Å². The monoisotopic (exact) mass is 269 g/mol. The number of aromatic nitrogens is 1. The van der Waals surface area contributed by atoms with E-state index in [1.54, 1.807) is 18.0 Å². The molecule has 1 aromatic rings. The number of rotatable bonds is 5. The van der Waals surface area contributed by atoms with Crippen molar-refractivity contribution in [2.45, 2.75) is 33.2 Å². The predicted molar refractivity (Wildman–Crippen MR) is 75.3 cm³/mol. The minimum Gasteiger partial charge on any atom is -0.370 e. The lowest BCUT2D eigenvalue weighted by molar-refractivity contribution is 0.0740. The zero-order chi connectivity index (χ0) is 13.7. The summed E-state index contributed by atoms with van der Waals surface area (Å²) in [7, 11) is 1.79. The molecule has 0 saturated heterocycles. The van der Waals surface area contributed by atoms with Gasteiger partial charge in [0.15, 0.2) is 0 Å². The average molecular weight is 270 g/mol. The maximum Gasteiger partial charge on any atom is 0.255 e. The van der Waals surface area contributed by atoms with Crippen molar-refractivity contribution >= 4 is 23.3 Å². The van der Waals surface area contributed by atoms with Gasteiger partial charge in [0.05, 0.1) is 10.6 Å². The van der Waals surface area contributed by atoms with E-state index < -0.39 is 0 Å². The molecule has 0 radical (unpaired) electrons. The van der Waals surface area contributed by atoms with Crippen LogP contribution in [0.1, 0.15) is 37.6 Å². The lowest BCUT2D eigenvalue weighted by Gasteiger charge is -2.24. The van der Waals surface area contributed by atoms with Crippen molar-refractivity contribution in [3.63, 3.8) is 0 Å². The molecule has 100 valence electrons. The Hall–Kier alpha value is -1.29. The van der Waals surface area contributed by atoms with Crippen molar-refractivity contribution in [3.05, 3.63) is 22.8 Å². The van der Waals surface area contributed by atoms with Crippen LogP contribution < -0.4 is 5.32 Å². The van der Waals surface area contributed by atoms with Crippen molar-refractivity contribution in [1.82, 2.24) is 9.88 Å². The maximum absolute atomic E-state index is 12.3. The summed E-state index contributed by atoms with van der Waals surface area (Å²) in [5, 5.41) is 3.46. The van der Waals surface area contributed by atoms with E-state index in [4.69, 9.17) is 11.6 Å². The molecule has 0 aliphatic heterocycles. The first kappa shape index (κ1) is 14.8. The van der Waals surface area contributed by atoms with Gasteiger partial charge in [-0.3, -0.25) is 4.79 Å². The molecule has 18 heavy (non-hydrogen) atoms. The quantitative estimate of drug-likeness (QED) is 0.894. The Kier molecular flexibility index (Phi) is 5.41. The molecule has 1 N–H and O–H groups in total. The molecule has 1 heterocycles. The van der Waals surface area contributed by atoms with Crippen molar-refractivity contribution < 1.29 is 4.79 Å². The first-order chi connectivity index (χ1) is 8.51. The second-order valence-electron chi connectivity index (χ2n) is 4.25. The molecular formula is C13H20ClN3O. The molecule has 0 bridgehead atoms. The highest BCUT2D eigenvalue weighted by molar-refractivity contribution is 6.33. The van der Waals surface area contributed by atoms with Crippen LogP contribution in [0.15, 0.2) is 12.3 Å². The van der Waals surface area contributed by atoms with Gasteiger partial charge in [-0.2, -0.15) is 0 Å². The highest BCUT2D eigenvalue weighted by Crippen LogP contribution is 2.20. The number of nitrogens with zero attached hydrogens (tertiary/aromatic N) is 2. The highest BCUT2D eigenvalue weighted by Gasteiger charge is 2.19. The summed E-state index contributed by atoms with van der Waals surface area (Å²) < 4.78 is 0. The molecular weight excluding hydrogens is 250 g/mol. The Labute approximate surface area is 113 Å². The molecule has 1 rings (SSSR count). The highest BCUT2D eigenvalue weighted by atomic mass is 35.5. The first-order valence-corrected chi connectivity index (χ1v) is 6.55. The molecule has 0 aliphatic carbocycles. The fourth-order valence-corrected chi connectivity index (χ4v) is 1.73. The van der Waals surface area contributed by atoms with Gasteiger partial charge < -0.3 is 10.2 Å². The summed E-state index contributed by atoms with van der Waals surface area (Å²) >= 11 is 6.05. The number of amides is 1. The zero-order valence-electron chi connectivity index (χ0n) is 11.3. The standard InChI is InChI=1S/C13H20ClN3O/c1-5-9(3)17(4)13(18)10-7-12(15-6-2)16-8-11(10)14/h7-9H,5-6H2,1-4H3,(H,15,16). The van der Waals surface area contributed by atoms with E-state index in [1.165, 1.54) is 6.20 Å². The van der Waals surface area contributed by atoms with E-state index in [1.807, 2.05) is 20.8 Å². The lowest BCUT2D eigenvalue weighted by Crippen LogP contribution is -2.34. The van der Waals surface area contributed by atoms with Gasteiger partial charge in [-0.05, 0) is 26.3 Å². The van der Waals surface area contributed by atoms with Crippen molar-refractivity contribution in [1.29, 1.82) is 0 Å². The van der Waals surface area contributed by atoms with Gasteiger partial charge in [0.1, 0.15) is 5.82 Å². The zero-order valence-corrected chi connectivity index (χ0v) is 12.1. The summed E-state index contributed by atoms with van der Waals surface area (Å²) in [6, 6.07) is 1.89. The third-order valence-electron chi connectivity index (χ3n) is 3.02. The minimum absolute atomic E-state index is 0.0732. The Bertz CT molecular complexity index is 423. The van der Waals surface area contributed by atoms with Crippen LogP contribution in [0, 0.1) is 0 Å². The molecule has 0 aliphatic rings. The van der Waals surface area contributed by atoms with Crippen LogP contribution in [-0.4, -0.2) is 35.4 Å². The minimum atomic E-state index is -0.0732. The van der Waals surface area contributed by atoms with E-state index in [9.17, 15) is 4.79 Å². The Balaban J connectivity index is 3.00. The number of hydrogen-bond acceptors (Lipinski definition) is 3. The van der Waals surface area contributed by atoms with Gasteiger partial charge in [-0.25, -0.2) is 4.98 Å². The summed E-state index contributed by atoms with van der Waals surface area (Å²) in [6.45, 7) is 6.79. The molecule has 5 heteroatoms. The van der Waals surface area contributed by atoms with Crippen LogP contribution in [-0.2, 0) is 0 Å². The number of carbonyl (C=O) groups is 1. The van der Waals surface area contributed by atoms with Crippen molar-refractivity contribution in [2.75, 3.05) is 18.9 Å². The van der Waals surface area contributed by atoms with Crippen LogP contribution in [0.3, 0.4) is 0 Å². The van der Waals surface area contributed by atoms with Crippen LogP contribution >= 0.6 is 11.6 Å². The number of halogens is 1. The molecule has 4 nitrogen and oxygen atoms in total. The van der Waals surface area contributed by atoms with Crippen LogP contribution in [0.25, 0.3) is 0 Å². The van der Waals surface area contributed by atoms with Crippen molar-refractivity contribution in [2.24, 2.45) is 0 Å². The SMILES string of the molecule is CCNc1cc(C(=O)N(C)C(C)CC)c(Cl)cn1. The largest absolute Gasteiger partial charge is 0.370 e. The van der Waals surface area contributed by atoms with Gasteiger partial charge >= 0.3 is 0 Å². The number of hydrogen-bond donors (Lipinski definition) is 1. The molecule has 0 aromatic carbocycles. The van der Waals surface area contributed by atoms with Gasteiger partial charge in [-0.1, -0.05) is 18.5 Å². The van der Waals surface area contributed by atoms with Crippen LogP contribution in [0.4, 0.5) is 5.82 Å². The predicted octanol–water partition coefficient (Wildman–Crippen LogP) is 3.04. The Morgan fingerprint density at radius 1 is 1.56 bits per heavy atom. The average Bonchev–Trinajstić information content (AvgIpc) is 2.38. The summed E-state index contributed by atoms with van der Waals surface area (Å²) in [5.74, 6) is 0.596. The summed E-state index contributed by atoms with van der Waals surface area (Å²) in [5.41, 5.74) is 0.491. The number of carbonyl (C=O) groups excluding carboxylic acids is 1. The van der Waals surface area contributed by atoms with E-state index in [2.05, 4.69) is 10.3 Å². The Morgan fingerprint density at radius 3 is 2.78 bits per heavy atom. The van der Waals surface area contributed by atoms with Gasteiger partial charge in [-0.15, -0.1) is 0 Å². The Morgan fingerprint density at radius 2 is 2.22 bits per heavy atom. The van der Waals surface area contributed by atoms with Crippen LogP contribution in [0.2, 0.25) is 5.02 Å². The van der Waals surface area contributed by atoms with E-state index >= 15 is 0 Å². The third kappa shape index (κ3) is 3.35. The number of nitrogens with one attached hydrogen (secondary N) is 1. The van der Waals surface area contributed by atoms with E-state index in [-0.39, 0.29) is 11.9 Å². The normalized spacial score (nSPS) is 12.1. The molecule has 1 unspecified atom stereocenters. The molecule has 1 amide bonds. The number of anilines is 1. The maximum atomic E-state index is 12.3. The van der Waals surface area contributed by atoms with Crippen molar-refractivity contribution in [3.8, 4) is 0 Å². The fourth-order valence-electron chi connectivity index (χ4n) is 1.54. The molecule has 1 atom stereocenters. The second-order valence-corrected chi connectivity index (χ2v) is 4.66. The first-order valence-electron chi connectivity index (χ1n) is 6.17. The third-order valence-corrected chi connectivity index (χ3v) is 3.32. The summed E-state index contributed by atoms with van der Waals surface area (Å²) in [6.07, 6.45) is 2.42. The fraction of sp³-hybridized carbons (Fsp3) is 0.538. The van der Waals surface area contributed by atoms with Gasteiger partial charge in [0.2, 0.25) is 0 Å². The van der Waals surface area contributed by atoms with Crippen LogP contribution in [0.5, 0.6) is 0 Å². The van der Waals surface area contributed by atoms with E-state index in [0.717, 1.165) is 13.0 Å². The van der Waals surface area contributed by atoms with Gasteiger partial charge in [0, 0.05) is 25.8 Å². The topological polar surface area (TPSA) is 45.2 Å². The smallest absolute Gasteiger partial charge is 0.255 e.